The fourth-order valence-corrected chi connectivity index (χ4v) is 3.66. The Morgan fingerprint density at radius 2 is 1.69 bits per heavy atom. The lowest BCUT2D eigenvalue weighted by Crippen LogP contribution is -2.27. The van der Waals surface area contributed by atoms with E-state index in [-0.39, 0.29) is 19.1 Å². The highest BCUT2D eigenvalue weighted by atomic mass is 31.2. The van der Waals surface area contributed by atoms with Crippen LogP contribution in [0.4, 0.5) is 0 Å². The van der Waals surface area contributed by atoms with Crippen molar-refractivity contribution in [1.29, 1.82) is 0 Å². The van der Waals surface area contributed by atoms with Crippen LogP contribution in [0.5, 0.6) is 0 Å². The second-order valence-corrected chi connectivity index (χ2v) is 5.96. The van der Waals surface area contributed by atoms with Gasteiger partial charge in [0, 0.05) is 4.92 Å². The average molecular weight is 253 g/mol. The highest BCUT2D eigenvalue weighted by Crippen LogP contribution is 2.55. The van der Waals surface area contributed by atoms with Gasteiger partial charge < -0.3 is 9.05 Å². The van der Waals surface area contributed by atoms with Gasteiger partial charge in [0.1, 0.15) is 5.66 Å². The molecule has 0 radical (unpaired) electrons. The molecule has 0 bridgehead atoms. The molecule has 1 unspecified atom stereocenters. The van der Waals surface area contributed by atoms with Crippen LogP contribution < -0.4 is 0 Å². The lowest BCUT2D eigenvalue weighted by molar-refractivity contribution is -0.480. The standard InChI is InChI=1S/C9H20NO5P/c1-5-14-16(13,15-6-2)9(8(3)4)7-10(11)12/h8-9H,5-7H2,1-4H3. The molecule has 0 fully saturated rings. The van der Waals surface area contributed by atoms with E-state index >= 15 is 0 Å². The minimum atomic E-state index is -3.38. The van der Waals surface area contributed by atoms with Crippen LogP contribution in [0.15, 0.2) is 0 Å². The van der Waals surface area contributed by atoms with E-state index in [1.165, 1.54) is 0 Å². The van der Waals surface area contributed by atoms with Crippen molar-refractivity contribution in [3.05, 3.63) is 10.1 Å². The Morgan fingerprint density at radius 3 is 1.94 bits per heavy atom. The van der Waals surface area contributed by atoms with Gasteiger partial charge in [0.25, 0.3) is 0 Å². The third-order valence-electron chi connectivity index (χ3n) is 2.13. The normalized spacial score (nSPS) is 14.1. The van der Waals surface area contributed by atoms with E-state index in [4.69, 9.17) is 9.05 Å². The molecule has 0 aromatic carbocycles. The second kappa shape index (κ2) is 6.99. The molecular formula is C9H20NO5P. The van der Waals surface area contributed by atoms with Crippen LogP contribution >= 0.6 is 7.60 Å². The van der Waals surface area contributed by atoms with Crippen molar-refractivity contribution in [3.63, 3.8) is 0 Å². The third-order valence-corrected chi connectivity index (χ3v) is 4.94. The SMILES string of the molecule is CCOP(=O)(OCC)C(C[N+](=O)[O-])C(C)C. The summed E-state index contributed by atoms with van der Waals surface area (Å²) < 4.78 is 22.6. The minimum Gasteiger partial charge on any atom is -0.308 e. The third kappa shape index (κ3) is 4.60. The van der Waals surface area contributed by atoms with Crippen LogP contribution in [-0.4, -0.2) is 30.3 Å². The van der Waals surface area contributed by atoms with Gasteiger partial charge in [-0.05, 0) is 19.8 Å². The summed E-state index contributed by atoms with van der Waals surface area (Å²) in [7, 11) is -3.38. The van der Waals surface area contributed by atoms with Gasteiger partial charge in [-0.3, -0.25) is 14.7 Å². The van der Waals surface area contributed by atoms with Gasteiger partial charge in [-0.15, -0.1) is 0 Å². The van der Waals surface area contributed by atoms with Gasteiger partial charge in [0.05, 0.1) is 13.2 Å². The number of nitro groups is 1. The molecule has 96 valence electrons. The van der Waals surface area contributed by atoms with Gasteiger partial charge in [0.2, 0.25) is 6.54 Å². The van der Waals surface area contributed by atoms with Crippen LogP contribution in [0.25, 0.3) is 0 Å². The zero-order valence-corrected chi connectivity index (χ0v) is 11.1. The zero-order chi connectivity index (χ0) is 12.8. The predicted molar refractivity (Wildman–Crippen MR) is 61.3 cm³/mol. The molecular weight excluding hydrogens is 233 g/mol. The molecule has 0 aliphatic carbocycles. The van der Waals surface area contributed by atoms with Crippen molar-refractivity contribution in [2.45, 2.75) is 33.4 Å². The summed E-state index contributed by atoms with van der Waals surface area (Å²) in [5, 5.41) is 10.5. The highest BCUT2D eigenvalue weighted by molar-refractivity contribution is 7.54. The molecule has 0 aliphatic rings. The summed E-state index contributed by atoms with van der Waals surface area (Å²) in [4.78, 5) is 10.1. The molecule has 0 N–H and O–H groups in total. The highest BCUT2D eigenvalue weighted by Gasteiger charge is 2.41. The number of hydrogen-bond acceptors (Lipinski definition) is 5. The quantitative estimate of drug-likeness (QED) is 0.377. The van der Waals surface area contributed by atoms with Gasteiger partial charge in [0.15, 0.2) is 0 Å². The summed E-state index contributed by atoms with van der Waals surface area (Å²) in [5.41, 5.74) is -0.692. The fourth-order valence-electron chi connectivity index (χ4n) is 1.42. The van der Waals surface area contributed by atoms with E-state index in [9.17, 15) is 14.7 Å². The van der Waals surface area contributed by atoms with Crippen LogP contribution in [0.2, 0.25) is 0 Å². The number of rotatable bonds is 8. The van der Waals surface area contributed by atoms with Crippen LogP contribution in [0, 0.1) is 16.0 Å². The Hall–Kier alpha value is -0.450. The van der Waals surface area contributed by atoms with Gasteiger partial charge in [-0.2, -0.15) is 0 Å². The summed E-state index contributed by atoms with van der Waals surface area (Å²) in [6.45, 7) is 6.98. The maximum absolute atomic E-state index is 12.3. The Morgan fingerprint density at radius 1 is 1.25 bits per heavy atom. The molecule has 0 heterocycles. The topological polar surface area (TPSA) is 78.7 Å². The number of hydrogen-bond donors (Lipinski definition) is 0. The lowest BCUT2D eigenvalue weighted by atomic mass is 10.1. The first kappa shape index (κ1) is 15.6. The van der Waals surface area contributed by atoms with Crippen molar-refractivity contribution in [3.8, 4) is 0 Å². The molecule has 0 aromatic heterocycles. The largest absolute Gasteiger partial charge is 0.340 e. The Bertz CT molecular complexity index is 259. The molecule has 0 rings (SSSR count). The Balaban J connectivity index is 4.93. The molecule has 7 heteroatoms. The van der Waals surface area contributed by atoms with Crippen molar-refractivity contribution >= 4 is 7.60 Å². The van der Waals surface area contributed by atoms with E-state index in [0.717, 1.165) is 0 Å². The summed E-state index contributed by atoms with van der Waals surface area (Å²) in [6, 6.07) is 0. The molecule has 6 nitrogen and oxygen atoms in total. The van der Waals surface area contributed by atoms with Crippen molar-refractivity contribution in [1.82, 2.24) is 0 Å². The molecule has 0 saturated carbocycles. The first-order valence-corrected chi connectivity index (χ1v) is 6.99. The zero-order valence-electron chi connectivity index (χ0n) is 10.2. The lowest BCUT2D eigenvalue weighted by Gasteiger charge is -2.26. The van der Waals surface area contributed by atoms with Gasteiger partial charge >= 0.3 is 7.60 Å². The van der Waals surface area contributed by atoms with Crippen LogP contribution in [0.3, 0.4) is 0 Å². The minimum absolute atomic E-state index is 0.130. The maximum Gasteiger partial charge on any atom is 0.340 e. The van der Waals surface area contributed by atoms with Crippen molar-refractivity contribution in [2.75, 3.05) is 19.8 Å². The monoisotopic (exact) mass is 253 g/mol. The van der Waals surface area contributed by atoms with Crippen LogP contribution in [0.1, 0.15) is 27.7 Å². The smallest absolute Gasteiger partial charge is 0.308 e. The molecule has 0 spiro atoms. The van der Waals surface area contributed by atoms with E-state index in [1.807, 2.05) is 0 Å². The second-order valence-electron chi connectivity index (χ2n) is 3.70. The predicted octanol–water partition coefficient (Wildman–Crippen LogP) is 2.55. The molecule has 0 aromatic rings. The Labute approximate surface area is 96.0 Å². The molecule has 0 saturated heterocycles. The molecule has 0 amide bonds. The summed E-state index contributed by atoms with van der Waals surface area (Å²) >= 11 is 0. The van der Waals surface area contributed by atoms with E-state index in [2.05, 4.69) is 0 Å². The van der Waals surface area contributed by atoms with Crippen LogP contribution in [-0.2, 0) is 13.6 Å². The van der Waals surface area contributed by atoms with E-state index in [1.54, 1.807) is 27.7 Å². The maximum atomic E-state index is 12.3. The van der Waals surface area contributed by atoms with Gasteiger partial charge in [-0.1, -0.05) is 13.8 Å². The fraction of sp³-hybridized carbons (Fsp3) is 1.00. The van der Waals surface area contributed by atoms with Crippen molar-refractivity contribution in [2.24, 2.45) is 5.92 Å². The summed E-state index contributed by atoms with van der Waals surface area (Å²) in [5.74, 6) is -0.130. The first-order valence-electron chi connectivity index (χ1n) is 5.38. The molecule has 1 atom stereocenters. The number of nitrogens with zero attached hydrogens (tertiary/aromatic N) is 1. The molecule has 16 heavy (non-hydrogen) atoms. The molecule has 0 aliphatic heterocycles. The van der Waals surface area contributed by atoms with Crippen molar-refractivity contribution < 1.29 is 18.5 Å². The van der Waals surface area contributed by atoms with Gasteiger partial charge in [-0.25, -0.2) is 0 Å². The summed E-state index contributed by atoms with van der Waals surface area (Å²) in [6.07, 6.45) is 0. The first-order chi connectivity index (χ1) is 7.37. The van der Waals surface area contributed by atoms with E-state index < -0.39 is 24.7 Å². The van der Waals surface area contributed by atoms with E-state index in [0.29, 0.717) is 0 Å². The average Bonchev–Trinajstić information content (AvgIpc) is 2.14. The Kier molecular flexibility index (Phi) is 6.79.